The van der Waals surface area contributed by atoms with Gasteiger partial charge in [-0.3, -0.25) is 4.99 Å². The zero-order valence-electron chi connectivity index (χ0n) is 15.3. The van der Waals surface area contributed by atoms with Gasteiger partial charge in [-0.1, -0.05) is 13.3 Å². The third-order valence-electron chi connectivity index (χ3n) is 4.31. The Bertz CT molecular complexity index is 294. The molecule has 0 amide bonds. The van der Waals surface area contributed by atoms with Crippen molar-refractivity contribution in [3.63, 3.8) is 0 Å². The van der Waals surface area contributed by atoms with Crippen molar-refractivity contribution in [2.24, 2.45) is 10.9 Å². The van der Waals surface area contributed by atoms with Crippen LogP contribution in [0.15, 0.2) is 4.99 Å². The Kier molecular flexibility index (Phi) is 15.4. The molecule has 0 aromatic rings. The quantitative estimate of drug-likeness (QED) is 0.237. The van der Waals surface area contributed by atoms with E-state index in [0.717, 1.165) is 51.0 Å². The van der Waals surface area contributed by atoms with E-state index in [9.17, 15) is 0 Å². The summed E-state index contributed by atoms with van der Waals surface area (Å²) in [5.74, 6) is 1.79. The van der Waals surface area contributed by atoms with Crippen molar-refractivity contribution in [1.29, 1.82) is 0 Å². The molecule has 0 atom stereocenters. The first-order valence-electron chi connectivity index (χ1n) is 8.97. The molecule has 1 rings (SSSR count). The average Bonchev–Trinajstić information content (AvgIpc) is 2.54. The fourth-order valence-electron chi connectivity index (χ4n) is 2.70. The van der Waals surface area contributed by atoms with Gasteiger partial charge in [-0.2, -0.15) is 0 Å². The summed E-state index contributed by atoms with van der Waals surface area (Å²) in [4.78, 5) is 6.70. The van der Waals surface area contributed by atoms with Crippen LogP contribution in [0, 0.1) is 5.92 Å². The first-order chi connectivity index (χ1) is 10.8. The van der Waals surface area contributed by atoms with Crippen molar-refractivity contribution in [1.82, 2.24) is 15.5 Å². The van der Waals surface area contributed by atoms with Gasteiger partial charge in [0.1, 0.15) is 0 Å². The molecule has 0 spiro atoms. The number of guanidine groups is 1. The maximum atomic E-state index is 5.55. The summed E-state index contributed by atoms with van der Waals surface area (Å²) in [7, 11) is 4.05. The summed E-state index contributed by atoms with van der Waals surface area (Å²) < 4.78 is 5.55. The smallest absolute Gasteiger partial charge is 0.190 e. The monoisotopic (exact) mass is 440 g/mol. The van der Waals surface area contributed by atoms with Crippen LogP contribution in [-0.4, -0.2) is 64.3 Å². The van der Waals surface area contributed by atoms with E-state index in [4.69, 9.17) is 4.74 Å². The van der Waals surface area contributed by atoms with Gasteiger partial charge in [0.25, 0.3) is 0 Å². The van der Waals surface area contributed by atoms with Gasteiger partial charge in [-0.15, -0.1) is 24.0 Å². The molecule has 0 radical (unpaired) electrons. The second kappa shape index (κ2) is 15.4. The SMILES string of the molecule is CCCCOCCCNC(=NC)NCCC1CCN(C)CC1.I. The first kappa shape index (κ1) is 22.9. The Morgan fingerprint density at radius 1 is 1.13 bits per heavy atom. The molecular formula is C17H37IN4O. The Morgan fingerprint density at radius 2 is 1.78 bits per heavy atom. The summed E-state index contributed by atoms with van der Waals surface area (Å²) in [6, 6.07) is 0. The molecule has 1 aliphatic heterocycles. The molecule has 0 bridgehead atoms. The summed E-state index contributed by atoms with van der Waals surface area (Å²) in [6.07, 6.45) is 7.30. The van der Waals surface area contributed by atoms with Gasteiger partial charge in [0, 0.05) is 33.4 Å². The number of ether oxygens (including phenoxy) is 1. The minimum Gasteiger partial charge on any atom is -0.381 e. The van der Waals surface area contributed by atoms with Gasteiger partial charge in [0.05, 0.1) is 0 Å². The van der Waals surface area contributed by atoms with Gasteiger partial charge < -0.3 is 20.3 Å². The Labute approximate surface area is 160 Å². The van der Waals surface area contributed by atoms with Crippen LogP contribution in [0.25, 0.3) is 0 Å². The zero-order chi connectivity index (χ0) is 16.0. The largest absolute Gasteiger partial charge is 0.381 e. The highest BCUT2D eigenvalue weighted by molar-refractivity contribution is 14.0. The Morgan fingerprint density at radius 3 is 2.43 bits per heavy atom. The standard InChI is InChI=1S/C17H36N4O.HI/c1-4-5-14-22-15-6-10-19-17(18-2)20-11-7-16-8-12-21(3)13-9-16;/h16H,4-15H2,1-3H3,(H2,18,19,20);1H. The van der Waals surface area contributed by atoms with Gasteiger partial charge in [-0.25, -0.2) is 0 Å². The molecule has 5 nitrogen and oxygen atoms in total. The third-order valence-corrected chi connectivity index (χ3v) is 4.31. The molecule has 0 saturated carbocycles. The normalized spacial score (nSPS) is 16.9. The summed E-state index contributed by atoms with van der Waals surface area (Å²) in [6.45, 7) is 8.33. The second-order valence-electron chi connectivity index (χ2n) is 6.28. The highest BCUT2D eigenvalue weighted by Gasteiger charge is 2.16. The van der Waals surface area contributed by atoms with E-state index in [1.165, 1.54) is 38.8 Å². The number of piperidine rings is 1. The summed E-state index contributed by atoms with van der Waals surface area (Å²) in [5, 5.41) is 6.78. The van der Waals surface area contributed by atoms with Crippen LogP contribution in [0.2, 0.25) is 0 Å². The molecule has 1 saturated heterocycles. The Hall–Kier alpha value is -0.0800. The Balaban J connectivity index is 0.00000484. The topological polar surface area (TPSA) is 48.9 Å². The van der Waals surface area contributed by atoms with Crippen LogP contribution in [0.4, 0.5) is 0 Å². The summed E-state index contributed by atoms with van der Waals surface area (Å²) in [5.41, 5.74) is 0. The molecule has 6 heteroatoms. The van der Waals surface area contributed by atoms with Crippen molar-refractivity contribution in [2.75, 3.05) is 53.5 Å². The number of hydrogen-bond acceptors (Lipinski definition) is 3. The maximum absolute atomic E-state index is 5.55. The molecule has 1 heterocycles. The molecule has 0 unspecified atom stereocenters. The fraction of sp³-hybridized carbons (Fsp3) is 0.941. The van der Waals surface area contributed by atoms with E-state index in [2.05, 4.69) is 34.5 Å². The van der Waals surface area contributed by atoms with Crippen LogP contribution in [0.5, 0.6) is 0 Å². The zero-order valence-corrected chi connectivity index (χ0v) is 17.6. The first-order valence-corrected chi connectivity index (χ1v) is 8.97. The van der Waals surface area contributed by atoms with Crippen molar-refractivity contribution in [3.05, 3.63) is 0 Å². The molecule has 0 aromatic heterocycles. The van der Waals surface area contributed by atoms with E-state index in [-0.39, 0.29) is 24.0 Å². The van der Waals surface area contributed by atoms with Gasteiger partial charge in [0.15, 0.2) is 5.96 Å². The number of halogens is 1. The van der Waals surface area contributed by atoms with Crippen molar-refractivity contribution < 1.29 is 4.74 Å². The number of rotatable bonds is 10. The fourth-order valence-corrected chi connectivity index (χ4v) is 2.70. The van der Waals surface area contributed by atoms with E-state index in [1.807, 2.05) is 7.05 Å². The lowest BCUT2D eigenvalue weighted by atomic mass is 9.94. The minimum absolute atomic E-state index is 0. The summed E-state index contributed by atoms with van der Waals surface area (Å²) >= 11 is 0. The number of nitrogens with one attached hydrogen (secondary N) is 2. The minimum atomic E-state index is 0. The molecule has 0 aromatic carbocycles. The molecule has 1 fully saturated rings. The third kappa shape index (κ3) is 12.0. The second-order valence-corrected chi connectivity index (χ2v) is 6.28. The van der Waals surface area contributed by atoms with Gasteiger partial charge >= 0.3 is 0 Å². The van der Waals surface area contributed by atoms with Gasteiger partial charge in [0.2, 0.25) is 0 Å². The number of hydrogen-bond donors (Lipinski definition) is 2. The predicted octanol–water partition coefficient (Wildman–Crippen LogP) is 2.71. The van der Waals surface area contributed by atoms with Crippen molar-refractivity contribution >= 4 is 29.9 Å². The average molecular weight is 440 g/mol. The maximum Gasteiger partial charge on any atom is 0.190 e. The lowest BCUT2D eigenvalue weighted by molar-refractivity contribution is 0.129. The van der Waals surface area contributed by atoms with E-state index in [1.54, 1.807) is 0 Å². The van der Waals surface area contributed by atoms with Crippen LogP contribution in [0.3, 0.4) is 0 Å². The number of unbranched alkanes of at least 4 members (excludes halogenated alkanes) is 1. The molecule has 23 heavy (non-hydrogen) atoms. The number of nitrogens with zero attached hydrogens (tertiary/aromatic N) is 2. The number of likely N-dealkylation sites (tertiary alicyclic amines) is 1. The van der Waals surface area contributed by atoms with Gasteiger partial charge in [-0.05, 0) is 58.2 Å². The van der Waals surface area contributed by atoms with Crippen molar-refractivity contribution in [2.45, 2.75) is 45.4 Å². The lowest BCUT2D eigenvalue weighted by Gasteiger charge is -2.29. The highest BCUT2D eigenvalue weighted by atomic mass is 127. The van der Waals surface area contributed by atoms with E-state index >= 15 is 0 Å². The predicted molar refractivity (Wildman–Crippen MR) is 110 cm³/mol. The van der Waals surface area contributed by atoms with E-state index in [0.29, 0.717) is 0 Å². The van der Waals surface area contributed by atoms with Crippen LogP contribution in [-0.2, 0) is 4.74 Å². The molecule has 1 aliphatic rings. The van der Waals surface area contributed by atoms with E-state index < -0.39 is 0 Å². The van der Waals surface area contributed by atoms with Crippen LogP contribution < -0.4 is 10.6 Å². The van der Waals surface area contributed by atoms with Crippen LogP contribution >= 0.6 is 24.0 Å². The highest BCUT2D eigenvalue weighted by Crippen LogP contribution is 2.18. The van der Waals surface area contributed by atoms with Crippen molar-refractivity contribution in [3.8, 4) is 0 Å². The number of aliphatic imine (C=N–C) groups is 1. The molecule has 138 valence electrons. The molecule has 2 N–H and O–H groups in total. The van der Waals surface area contributed by atoms with Crippen LogP contribution in [0.1, 0.15) is 45.4 Å². The molecular weight excluding hydrogens is 403 g/mol. The molecule has 0 aliphatic carbocycles. The lowest BCUT2D eigenvalue weighted by Crippen LogP contribution is -2.39.